The predicted octanol–water partition coefficient (Wildman–Crippen LogP) is 3.96. The molecule has 0 aliphatic carbocycles. The van der Waals surface area contributed by atoms with Gasteiger partial charge in [0.25, 0.3) is 10.0 Å². The van der Waals surface area contributed by atoms with E-state index in [4.69, 9.17) is 0 Å². The zero-order valence-electron chi connectivity index (χ0n) is 12.9. The maximum absolute atomic E-state index is 12.6. The van der Waals surface area contributed by atoms with Crippen LogP contribution in [0.1, 0.15) is 11.1 Å². The van der Waals surface area contributed by atoms with Crippen molar-refractivity contribution in [2.45, 2.75) is 18.7 Å². The second-order valence-electron chi connectivity index (χ2n) is 5.59. The van der Waals surface area contributed by atoms with E-state index in [0.717, 1.165) is 16.3 Å². The first kappa shape index (κ1) is 15.4. The van der Waals surface area contributed by atoms with E-state index < -0.39 is 10.0 Å². The lowest BCUT2D eigenvalue weighted by Crippen LogP contribution is -2.13. The number of aromatic hydroxyl groups is 1. The zero-order valence-corrected chi connectivity index (χ0v) is 13.7. The van der Waals surface area contributed by atoms with Gasteiger partial charge in [-0.3, -0.25) is 4.72 Å². The lowest BCUT2D eigenvalue weighted by atomic mass is 10.1. The van der Waals surface area contributed by atoms with E-state index in [2.05, 4.69) is 4.72 Å². The lowest BCUT2D eigenvalue weighted by Gasteiger charge is -2.12. The van der Waals surface area contributed by atoms with Gasteiger partial charge in [-0.25, -0.2) is 8.42 Å². The van der Waals surface area contributed by atoms with Crippen LogP contribution in [0.5, 0.6) is 5.75 Å². The Bertz CT molecular complexity index is 994. The van der Waals surface area contributed by atoms with Gasteiger partial charge in [-0.05, 0) is 53.9 Å². The molecule has 0 radical (unpaired) electrons. The monoisotopic (exact) mass is 327 g/mol. The molecule has 23 heavy (non-hydrogen) atoms. The Balaban J connectivity index is 2.04. The first-order valence-electron chi connectivity index (χ1n) is 7.19. The zero-order chi connectivity index (χ0) is 16.6. The second-order valence-corrected chi connectivity index (χ2v) is 7.27. The molecule has 3 rings (SSSR count). The van der Waals surface area contributed by atoms with Crippen LogP contribution in [-0.4, -0.2) is 13.5 Å². The fourth-order valence-corrected chi connectivity index (χ4v) is 3.67. The van der Waals surface area contributed by atoms with Crippen LogP contribution in [0.2, 0.25) is 0 Å². The number of fused-ring (bicyclic) bond motifs is 1. The van der Waals surface area contributed by atoms with Crippen LogP contribution in [0.25, 0.3) is 10.8 Å². The van der Waals surface area contributed by atoms with Crippen LogP contribution in [0.3, 0.4) is 0 Å². The van der Waals surface area contributed by atoms with Gasteiger partial charge in [-0.2, -0.15) is 0 Å². The molecule has 0 aliphatic rings. The molecule has 3 aromatic carbocycles. The summed E-state index contributed by atoms with van der Waals surface area (Å²) in [6.45, 7) is 3.58. The molecule has 0 spiro atoms. The molecule has 0 aliphatic heterocycles. The maximum Gasteiger partial charge on any atom is 0.262 e. The van der Waals surface area contributed by atoms with Crippen molar-refractivity contribution in [2.75, 3.05) is 4.72 Å². The number of benzene rings is 3. The molecule has 2 N–H and O–H groups in total. The van der Waals surface area contributed by atoms with E-state index in [0.29, 0.717) is 5.56 Å². The predicted molar refractivity (Wildman–Crippen MR) is 92.3 cm³/mol. The van der Waals surface area contributed by atoms with Crippen LogP contribution in [0.4, 0.5) is 5.69 Å². The third kappa shape index (κ3) is 3.00. The summed E-state index contributed by atoms with van der Waals surface area (Å²) < 4.78 is 27.7. The van der Waals surface area contributed by atoms with Crippen LogP contribution in [-0.2, 0) is 10.0 Å². The van der Waals surface area contributed by atoms with Gasteiger partial charge in [0.05, 0.1) is 10.6 Å². The molecule has 3 aromatic rings. The highest BCUT2D eigenvalue weighted by atomic mass is 32.2. The fraction of sp³-hybridized carbons (Fsp3) is 0.111. The van der Waals surface area contributed by atoms with Crippen LogP contribution in [0, 0.1) is 13.8 Å². The molecule has 0 fully saturated rings. The summed E-state index contributed by atoms with van der Waals surface area (Å²) in [5, 5.41) is 11.9. The quantitative estimate of drug-likeness (QED) is 0.716. The number of rotatable bonds is 3. The molecule has 0 saturated carbocycles. The van der Waals surface area contributed by atoms with Crippen molar-refractivity contribution in [1.29, 1.82) is 0 Å². The van der Waals surface area contributed by atoms with Crippen molar-refractivity contribution in [1.82, 2.24) is 0 Å². The van der Waals surface area contributed by atoms with Crippen molar-refractivity contribution in [2.24, 2.45) is 0 Å². The Morgan fingerprint density at radius 1 is 0.913 bits per heavy atom. The summed E-state index contributed by atoms with van der Waals surface area (Å²) in [4.78, 5) is 0.162. The highest BCUT2D eigenvalue weighted by Crippen LogP contribution is 2.31. The van der Waals surface area contributed by atoms with Crippen molar-refractivity contribution in [3.8, 4) is 5.75 Å². The molecular weight excluding hydrogens is 310 g/mol. The van der Waals surface area contributed by atoms with Gasteiger partial charge in [-0.15, -0.1) is 0 Å². The Hall–Kier alpha value is -2.53. The fourth-order valence-electron chi connectivity index (χ4n) is 2.58. The van der Waals surface area contributed by atoms with Crippen molar-refractivity contribution in [3.05, 3.63) is 65.7 Å². The number of anilines is 1. The van der Waals surface area contributed by atoms with Gasteiger partial charge >= 0.3 is 0 Å². The summed E-state index contributed by atoms with van der Waals surface area (Å²) in [6, 6.07) is 15.9. The summed E-state index contributed by atoms with van der Waals surface area (Å²) in [6.07, 6.45) is 0. The average molecular weight is 327 g/mol. The van der Waals surface area contributed by atoms with Gasteiger partial charge in [0, 0.05) is 0 Å². The first-order valence-corrected chi connectivity index (χ1v) is 8.67. The van der Waals surface area contributed by atoms with E-state index in [9.17, 15) is 13.5 Å². The Labute approximate surface area is 135 Å². The molecule has 0 bridgehead atoms. The Kier molecular flexibility index (Phi) is 3.74. The van der Waals surface area contributed by atoms with Crippen LogP contribution >= 0.6 is 0 Å². The van der Waals surface area contributed by atoms with Crippen molar-refractivity contribution >= 4 is 26.5 Å². The number of sulfonamides is 1. The number of hydrogen-bond acceptors (Lipinski definition) is 3. The number of nitrogens with one attached hydrogen (secondary N) is 1. The number of phenolic OH excluding ortho intramolecular Hbond substituents is 1. The van der Waals surface area contributed by atoms with Crippen molar-refractivity contribution in [3.63, 3.8) is 0 Å². The number of aryl methyl sites for hydroxylation is 2. The molecule has 0 amide bonds. The first-order chi connectivity index (χ1) is 10.9. The van der Waals surface area contributed by atoms with E-state index >= 15 is 0 Å². The standard InChI is InChI=1S/C18H17NO3S/c1-12-9-13(2)18(20)17(10-12)19-23(21,22)16-8-7-14-5-3-4-6-15(14)11-16/h3-11,19-20H,1-2H3. The van der Waals surface area contributed by atoms with Gasteiger partial charge in [0.2, 0.25) is 0 Å². The topological polar surface area (TPSA) is 66.4 Å². The average Bonchev–Trinajstić information content (AvgIpc) is 2.51. The molecule has 0 atom stereocenters. The van der Waals surface area contributed by atoms with Gasteiger partial charge in [0.1, 0.15) is 5.75 Å². The maximum atomic E-state index is 12.6. The van der Waals surface area contributed by atoms with Gasteiger partial charge in [0.15, 0.2) is 0 Å². The summed E-state index contributed by atoms with van der Waals surface area (Å²) in [7, 11) is -3.77. The highest BCUT2D eigenvalue weighted by Gasteiger charge is 2.17. The minimum absolute atomic E-state index is 0.0556. The van der Waals surface area contributed by atoms with Crippen LogP contribution < -0.4 is 4.72 Å². The third-order valence-corrected chi connectivity index (χ3v) is 5.08. The van der Waals surface area contributed by atoms with E-state index in [1.165, 1.54) is 0 Å². The third-order valence-electron chi connectivity index (χ3n) is 3.72. The molecule has 118 valence electrons. The van der Waals surface area contributed by atoms with Gasteiger partial charge < -0.3 is 5.11 Å². The summed E-state index contributed by atoms with van der Waals surface area (Å²) in [5.74, 6) is -0.0556. The minimum Gasteiger partial charge on any atom is -0.505 e. The highest BCUT2D eigenvalue weighted by molar-refractivity contribution is 7.92. The lowest BCUT2D eigenvalue weighted by molar-refractivity contribution is 0.473. The number of phenols is 1. The Morgan fingerprint density at radius 2 is 1.61 bits per heavy atom. The summed E-state index contributed by atoms with van der Waals surface area (Å²) >= 11 is 0. The smallest absolute Gasteiger partial charge is 0.262 e. The SMILES string of the molecule is Cc1cc(C)c(O)c(NS(=O)(=O)c2ccc3ccccc3c2)c1. The molecular formula is C18H17NO3S. The van der Waals surface area contributed by atoms with E-state index in [1.807, 2.05) is 31.2 Å². The molecule has 0 saturated heterocycles. The molecule has 0 unspecified atom stereocenters. The molecule has 0 aromatic heterocycles. The van der Waals surface area contributed by atoms with Crippen molar-refractivity contribution < 1.29 is 13.5 Å². The largest absolute Gasteiger partial charge is 0.505 e. The second kappa shape index (κ2) is 5.59. The summed E-state index contributed by atoms with van der Waals surface area (Å²) in [5.41, 5.74) is 1.69. The molecule has 5 heteroatoms. The van der Waals surface area contributed by atoms with Gasteiger partial charge in [-0.1, -0.05) is 36.4 Å². The van der Waals surface area contributed by atoms with Crippen LogP contribution in [0.15, 0.2) is 59.5 Å². The molecule has 4 nitrogen and oxygen atoms in total. The Morgan fingerprint density at radius 3 is 2.35 bits per heavy atom. The van der Waals surface area contributed by atoms with E-state index in [-0.39, 0.29) is 16.3 Å². The molecule has 0 heterocycles. The van der Waals surface area contributed by atoms with E-state index in [1.54, 1.807) is 37.3 Å². The number of hydrogen-bond donors (Lipinski definition) is 2. The normalized spacial score (nSPS) is 11.6. The minimum atomic E-state index is -3.77.